The van der Waals surface area contributed by atoms with E-state index in [1.165, 1.54) is 11.3 Å². The number of ether oxygens (including phenoxy) is 1. The van der Waals surface area contributed by atoms with Gasteiger partial charge in [0.1, 0.15) is 11.4 Å². The lowest BCUT2D eigenvalue weighted by atomic mass is 9.91. The van der Waals surface area contributed by atoms with E-state index in [2.05, 4.69) is 15.2 Å². The number of rotatable bonds is 5. The van der Waals surface area contributed by atoms with E-state index in [1.807, 2.05) is 37.5 Å². The maximum absolute atomic E-state index is 12.7. The van der Waals surface area contributed by atoms with Crippen LogP contribution in [-0.4, -0.2) is 64.7 Å². The molecule has 1 aliphatic heterocycles. The second kappa shape index (κ2) is 7.54. The van der Waals surface area contributed by atoms with Gasteiger partial charge in [0.05, 0.1) is 18.4 Å². The average molecular weight is 401 g/mol. The highest BCUT2D eigenvalue weighted by Gasteiger charge is 2.31. The normalized spacial score (nSPS) is 17.0. The highest BCUT2D eigenvalue weighted by molar-refractivity contribution is 7.15. The second-order valence-electron chi connectivity index (χ2n) is 7.34. The van der Waals surface area contributed by atoms with Crippen molar-refractivity contribution in [1.29, 1.82) is 0 Å². The van der Waals surface area contributed by atoms with Crippen LogP contribution in [-0.2, 0) is 0 Å². The fourth-order valence-corrected chi connectivity index (χ4v) is 4.27. The van der Waals surface area contributed by atoms with E-state index in [1.54, 1.807) is 16.9 Å². The minimum atomic E-state index is -0.835. The summed E-state index contributed by atoms with van der Waals surface area (Å²) >= 11 is 1.42. The Kier molecular flexibility index (Phi) is 5.09. The first-order chi connectivity index (χ1) is 13.5. The number of benzene rings is 1. The molecule has 148 valence electrons. The van der Waals surface area contributed by atoms with E-state index >= 15 is 0 Å². The van der Waals surface area contributed by atoms with Crippen molar-refractivity contribution in [3.8, 4) is 17.0 Å². The first kappa shape index (κ1) is 18.9. The number of carbonyl (C=O) groups excluding carboxylic acids is 1. The molecule has 0 bridgehead atoms. The number of piperidine rings is 1. The first-order valence-electron chi connectivity index (χ1n) is 9.28. The van der Waals surface area contributed by atoms with Crippen LogP contribution in [0.2, 0.25) is 0 Å². The summed E-state index contributed by atoms with van der Waals surface area (Å²) in [5.74, 6) is 0.561. The van der Waals surface area contributed by atoms with Gasteiger partial charge in [-0.05, 0) is 32.0 Å². The van der Waals surface area contributed by atoms with E-state index in [0.29, 0.717) is 18.5 Å². The molecule has 0 atom stereocenters. The summed E-state index contributed by atoms with van der Waals surface area (Å²) < 4.78 is 7.08. The Morgan fingerprint density at radius 1 is 1.39 bits per heavy atom. The lowest BCUT2D eigenvalue weighted by Crippen LogP contribution is -2.50. The third-order valence-corrected chi connectivity index (χ3v) is 6.14. The molecule has 3 aromatic rings. The Labute approximate surface area is 167 Å². The van der Waals surface area contributed by atoms with Crippen LogP contribution in [0.15, 0.2) is 35.8 Å². The molecule has 7 nitrogen and oxygen atoms in total. The molecule has 0 saturated carbocycles. The summed E-state index contributed by atoms with van der Waals surface area (Å²) in [7, 11) is 3.67. The largest absolute Gasteiger partial charge is 0.497 e. The Morgan fingerprint density at radius 3 is 2.93 bits per heavy atom. The van der Waals surface area contributed by atoms with E-state index < -0.39 is 5.60 Å². The maximum Gasteiger partial charge on any atom is 0.269 e. The SMILES string of the molecule is COc1cccc(-c2cn3c(C(=O)NCC4(O)CCN(C)CC4)csc3n2)c1. The summed E-state index contributed by atoms with van der Waals surface area (Å²) in [6, 6.07) is 7.68. The standard InChI is InChI=1S/C20H24N4O3S/c1-23-8-6-20(26,7-9-23)13-21-18(25)17-12-28-19-22-16(11-24(17)19)14-4-3-5-15(10-14)27-2/h3-5,10-12,26H,6-9,13H2,1-2H3,(H,21,25). The topological polar surface area (TPSA) is 79.1 Å². The molecule has 0 radical (unpaired) electrons. The number of imidazole rings is 1. The molecule has 1 aliphatic rings. The molecule has 4 rings (SSSR count). The lowest BCUT2D eigenvalue weighted by Gasteiger charge is -2.36. The van der Waals surface area contributed by atoms with Gasteiger partial charge < -0.3 is 20.1 Å². The monoisotopic (exact) mass is 400 g/mol. The van der Waals surface area contributed by atoms with Gasteiger partial charge in [-0.15, -0.1) is 11.3 Å². The minimum absolute atomic E-state index is 0.201. The Bertz CT molecular complexity index is 988. The number of fused-ring (bicyclic) bond motifs is 1. The molecule has 0 unspecified atom stereocenters. The first-order valence-corrected chi connectivity index (χ1v) is 10.2. The zero-order valence-corrected chi connectivity index (χ0v) is 16.8. The van der Waals surface area contributed by atoms with E-state index in [9.17, 15) is 9.90 Å². The average Bonchev–Trinajstić information content (AvgIpc) is 3.30. The third kappa shape index (κ3) is 3.76. The van der Waals surface area contributed by atoms with E-state index in [-0.39, 0.29) is 12.5 Å². The number of aliphatic hydroxyl groups is 1. The molecular weight excluding hydrogens is 376 g/mol. The highest BCUT2D eigenvalue weighted by Crippen LogP contribution is 2.26. The van der Waals surface area contributed by atoms with Gasteiger partial charge in [0.25, 0.3) is 5.91 Å². The number of nitrogens with one attached hydrogen (secondary N) is 1. The summed E-state index contributed by atoms with van der Waals surface area (Å²) in [5.41, 5.74) is 1.41. The summed E-state index contributed by atoms with van der Waals surface area (Å²) in [4.78, 5) is 20.3. The van der Waals surface area contributed by atoms with Crippen molar-refractivity contribution in [3.63, 3.8) is 0 Å². The van der Waals surface area contributed by atoms with Crippen molar-refractivity contribution in [2.45, 2.75) is 18.4 Å². The molecule has 1 amide bonds. The molecule has 3 heterocycles. The van der Waals surface area contributed by atoms with Crippen molar-refractivity contribution in [2.75, 3.05) is 33.8 Å². The number of likely N-dealkylation sites (tertiary alicyclic amines) is 1. The summed E-state index contributed by atoms with van der Waals surface area (Å²) in [6.07, 6.45) is 3.18. The van der Waals surface area contributed by atoms with Crippen LogP contribution in [0.1, 0.15) is 23.3 Å². The van der Waals surface area contributed by atoms with Crippen molar-refractivity contribution >= 4 is 22.2 Å². The molecule has 8 heteroatoms. The molecule has 2 N–H and O–H groups in total. The zero-order valence-electron chi connectivity index (χ0n) is 16.0. The van der Waals surface area contributed by atoms with Gasteiger partial charge in [-0.1, -0.05) is 12.1 Å². The fourth-order valence-electron chi connectivity index (χ4n) is 3.42. The van der Waals surface area contributed by atoms with Gasteiger partial charge in [0.2, 0.25) is 0 Å². The third-order valence-electron chi connectivity index (χ3n) is 5.30. The number of thiazole rings is 1. The quantitative estimate of drug-likeness (QED) is 0.687. The number of hydrogen-bond donors (Lipinski definition) is 2. The van der Waals surface area contributed by atoms with Gasteiger partial charge >= 0.3 is 0 Å². The predicted molar refractivity (Wildman–Crippen MR) is 109 cm³/mol. The molecular formula is C20H24N4O3S. The van der Waals surface area contributed by atoms with Crippen molar-refractivity contribution in [2.24, 2.45) is 0 Å². The Morgan fingerprint density at radius 2 is 2.18 bits per heavy atom. The van der Waals surface area contributed by atoms with Crippen LogP contribution in [0, 0.1) is 0 Å². The van der Waals surface area contributed by atoms with Crippen molar-refractivity contribution in [3.05, 3.63) is 41.5 Å². The van der Waals surface area contributed by atoms with E-state index in [4.69, 9.17) is 4.74 Å². The Hall–Kier alpha value is -2.42. The lowest BCUT2D eigenvalue weighted by molar-refractivity contribution is -0.0135. The van der Waals surface area contributed by atoms with Gasteiger partial charge in [0, 0.05) is 36.8 Å². The summed E-state index contributed by atoms with van der Waals surface area (Å²) in [6.45, 7) is 1.93. The van der Waals surface area contributed by atoms with Gasteiger partial charge in [-0.3, -0.25) is 9.20 Å². The molecule has 0 spiro atoms. The summed E-state index contributed by atoms with van der Waals surface area (Å²) in [5, 5.41) is 15.4. The predicted octanol–water partition coefficient (Wildman–Crippen LogP) is 2.26. The van der Waals surface area contributed by atoms with Crippen LogP contribution in [0.3, 0.4) is 0 Å². The smallest absolute Gasteiger partial charge is 0.269 e. The number of amides is 1. The molecule has 0 aliphatic carbocycles. The van der Waals surface area contributed by atoms with Crippen LogP contribution in [0.5, 0.6) is 5.75 Å². The Balaban J connectivity index is 1.51. The van der Waals surface area contributed by atoms with Crippen LogP contribution in [0.25, 0.3) is 16.2 Å². The van der Waals surface area contributed by atoms with Gasteiger partial charge in [-0.2, -0.15) is 0 Å². The number of hydrogen-bond acceptors (Lipinski definition) is 6. The van der Waals surface area contributed by atoms with Crippen molar-refractivity contribution < 1.29 is 14.6 Å². The zero-order chi connectivity index (χ0) is 19.7. The fraction of sp³-hybridized carbons (Fsp3) is 0.400. The van der Waals surface area contributed by atoms with E-state index in [0.717, 1.165) is 35.1 Å². The number of methoxy groups -OCH3 is 1. The molecule has 28 heavy (non-hydrogen) atoms. The highest BCUT2D eigenvalue weighted by atomic mass is 32.1. The second-order valence-corrected chi connectivity index (χ2v) is 8.18. The van der Waals surface area contributed by atoms with Gasteiger partial charge in [-0.25, -0.2) is 4.98 Å². The van der Waals surface area contributed by atoms with Crippen LogP contribution < -0.4 is 10.1 Å². The van der Waals surface area contributed by atoms with Gasteiger partial charge in [0.15, 0.2) is 4.96 Å². The molecule has 1 fully saturated rings. The maximum atomic E-state index is 12.7. The molecule has 1 aromatic carbocycles. The molecule has 2 aromatic heterocycles. The van der Waals surface area contributed by atoms with Crippen LogP contribution >= 0.6 is 11.3 Å². The number of aromatic nitrogens is 2. The molecule has 1 saturated heterocycles. The van der Waals surface area contributed by atoms with Crippen molar-refractivity contribution in [1.82, 2.24) is 19.6 Å². The minimum Gasteiger partial charge on any atom is -0.497 e. The van der Waals surface area contributed by atoms with Crippen LogP contribution in [0.4, 0.5) is 0 Å². The number of nitrogens with zero attached hydrogens (tertiary/aromatic N) is 3. The number of carbonyl (C=O) groups is 1.